The van der Waals surface area contributed by atoms with Crippen molar-refractivity contribution in [3.05, 3.63) is 41.7 Å². The van der Waals surface area contributed by atoms with Crippen molar-refractivity contribution in [3.63, 3.8) is 0 Å². The minimum absolute atomic E-state index is 0.137. The molecule has 24 heavy (non-hydrogen) atoms. The lowest BCUT2D eigenvalue weighted by Gasteiger charge is -2.26. The Labute approximate surface area is 141 Å². The molecule has 1 N–H and O–H groups in total. The third kappa shape index (κ3) is 3.20. The Morgan fingerprint density at radius 1 is 1.38 bits per heavy atom. The lowest BCUT2D eigenvalue weighted by atomic mass is 10.0. The van der Waals surface area contributed by atoms with Crippen LogP contribution in [0.4, 0.5) is 0 Å². The summed E-state index contributed by atoms with van der Waals surface area (Å²) in [5, 5.41) is 14.7. The second kappa shape index (κ2) is 6.37. The Balaban J connectivity index is 1.86. The van der Waals surface area contributed by atoms with E-state index >= 15 is 0 Å². The first-order valence-corrected chi connectivity index (χ1v) is 8.08. The molecule has 0 saturated carbocycles. The standard InChI is InChI=1S/C18H23N3O3/c1-13-15(16(19-24-13)14-7-5-4-6-8-14)17(22)21-10-9-18(23,12-21)11-20(2)3/h4-8,23H,9-12H2,1-3H3. The minimum atomic E-state index is -0.864. The summed E-state index contributed by atoms with van der Waals surface area (Å²) in [6.45, 7) is 3.13. The smallest absolute Gasteiger partial charge is 0.259 e. The van der Waals surface area contributed by atoms with Crippen LogP contribution < -0.4 is 0 Å². The highest BCUT2D eigenvalue weighted by Crippen LogP contribution is 2.29. The Bertz CT molecular complexity index is 726. The lowest BCUT2D eigenvalue weighted by Crippen LogP contribution is -2.43. The SMILES string of the molecule is Cc1onc(-c2ccccc2)c1C(=O)N1CCC(O)(CN(C)C)C1. The van der Waals surface area contributed by atoms with Crippen LogP contribution in [0.15, 0.2) is 34.9 Å². The zero-order valence-electron chi connectivity index (χ0n) is 14.3. The molecule has 0 aliphatic carbocycles. The molecule has 1 amide bonds. The molecule has 1 atom stereocenters. The molecule has 6 nitrogen and oxygen atoms in total. The number of aromatic nitrogens is 1. The molecular formula is C18H23N3O3. The molecule has 1 fully saturated rings. The number of aryl methyl sites for hydroxylation is 1. The molecule has 6 heteroatoms. The van der Waals surface area contributed by atoms with Gasteiger partial charge in [0.05, 0.1) is 12.1 Å². The van der Waals surface area contributed by atoms with E-state index in [0.29, 0.717) is 43.1 Å². The van der Waals surface area contributed by atoms with Gasteiger partial charge < -0.3 is 19.4 Å². The molecule has 3 rings (SSSR count). The number of hydrogen-bond donors (Lipinski definition) is 1. The molecule has 0 radical (unpaired) electrons. The van der Waals surface area contributed by atoms with E-state index in [9.17, 15) is 9.90 Å². The molecule has 1 saturated heterocycles. The predicted octanol–water partition coefficient (Wildman–Crippen LogP) is 1.79. The number of amides is 1. The van der Waals surface area contributed by atoms with Crippen molar-refractivity contribution < 1.29 is 14.4 Å². The topological polar surface area (TPSA) is 69.8 Å². The largest absolute Gasteiger partial charge is 0.387 e. The number of hydrogen-bond acceptors (Lipinski definition) is 5. The molecule has 1 aromatic heterocycles. The molecule has 1 aliphatic rings. The summed E-state index contributed by atoms with van der Waals surface area (Å²) in [4.78, 5) is 16.6. The van der Waals surface area contributed by atoms with Crippen molar-refractivity contribution in [3.8, 4) is 11.3 Å². The van der Waals surface area contributed by atoms with Crippen molar-refractivity contribution in [1.82, 2.24) is 15.0 Å². The van der Waals surface area contributed by atoms with Gasteiger partial charge in [0.25, 0.3) is 5.91 Å². The summed E-state index contributed by atoms with van der Waals surface area (Å²) < 4.78 is 5.28. The van der Waals surface area contributed by atoms with Crippen molar-refractivity contribution >= 4 is 5.91 Å². The van der Waals surface area contributed by atoms with Gasteiger partial charge in [-0.25, -0.2) is 0 Å². The highest BCUT2D eigenvalue weighted by atomic mass is 16.5. The van der Waals surface area contributed by atoms with Gasteiger partial charge in [-0.3, -0.25) is 4.79 Å². The summed E-state index contributed by atoms with van der Waals surface area (Å²) in [7, 11) is 3.83. The number of benzene rings is 1. The van der Waals surface area contributed by atoms with Gasteiger partial charge in [-0.2, -0.15) is 0 Å². The molecule has 0 spiro atoms. The van der Waals surface area contributed by atoms with Crippen LogP contribution >= 0.6 is 0 Å². The third-order valence-electron chi connectivity index (χ3n) is 4.35. The maximum Gasteiger partial charge on any atom is 0.259 e. The average molecular weight is 329 g/mol. The van der Waals surface area contributed by atoms with Crippen LogP contribution in [0.3, 0.4) is 0 Å². The van der Waals surface area contributed by atoms with Crippen LogP contribution in [0, 0.1) is 6.92 Å². The number of likely N-dealkylation sites (N-methyl/N-ethyl adjacent to an activating group) is 1. The number of rotatable bonds is 4. The third-order valence-corrected chi connectivity index (χ3v) is 4.35. The van der Waals surface area contributed by atoms with E-state index in [1.54, 1.807) is 11.8 Å². The van der Waals surface area contributed by atoms with Crippen LogP contribution in [0.2, 0.25) is 0 Å². The number of carbonyl (C=O) groups is 1. The van der Waals surface area contributed by atoms with Crippen LogP contribution in [0.1, 0.15) is 22.5 Å². The maximum absolute atomic E-state index is 13.0. The highest BCUT2D eigenvalue weighted by molar-refractivity contribution is 6.01. The van der Waals surface area contributed by atoms with E-state index in [0.717, 1.165) is 5.56 Å². The Morgan fingerprint density at radius 2 is 2.08 bits per heavy atom. The van der Waals surface area contributed by atoms with Crippen molar-refractivity contribution in [2.75, 3.05) is 33.7 Å². The molecule has 2 aromatic rings. The number of aliphatic hydroxyl groups is 1. The van der Waals surface area contributed by atoms with Gasteiger partial charge in [0.2, 0.25) is 0 Å². The van der Waals surface area contributed by atoms with Crippen molar-refractivity contribution in [2.24, 2.45) is 0 Å². The van der Waals surface area contributed by atoms with Gasteiger partial charge in [-0.1, -0.05) is 35.5 Å². The van der Waals surface area contributed by atoms with Gasteiger partial charge in [0.15, 0.2) is 0 Å². The molecule has 128 valence electrons. The molecular weight excluding hydrogens is 306 g/mol. The van der Waals surface area contributed by atoms with Crippen LogP contribution in [0.5, 0.6) is 0 Å². The quantitative estimate of drug-likeness (QED) is 0.926. The van der Waals surface area contributed by atoms with E-state index < -0.39 is 5.60 Å². The summed E-state index contributed by atoms with van der Waals surface area (Å²) in [5.74, 6) is 0.365. The van der Waals surface area contributed by atoms with Crippen molar-refractivity contribution in [1.29, 1.82) is 0 Å². The highest BCUT2D eigenvalue weighted by Gasteiger charge is 2.40. The Morgan fingerprint density at radius 3 is 2.75 bits per heavy atom. The van der Waals surface area contributed by atoms with Crippen LogP contribution in [-0.2, 0) is 0 Å². The number of nitrogens with zero attached hydrogens (tertiary/aromatic N) is 3. The van der Waals surface area contributed by atoms with E-state index in [1.165, 1.54) is 0 Å². The predicted molar refractivity (Wildman–Crippen MR) is 90.7 cm³/mol. The summed E-state index contributed by atoms with van der Waals surface area (Å²) in [6, 6.07) is 9.53. The number of carbonyl (C=O) groups excluding carboxylic acids is 1. The van der Waals surface area contributed by atoms with E-state index in [1.807, 2.05) is 49.3 Å². The fourth-order valence-corrected chi connectivity index (χ4v) is 3.32. The second-order valence-corrected chi connectivity index (χ2v) is 6.77. The molecule has 2 heterocycles. The molecule has 0 bridgehead atoms. The lowest BCUT2D eigenvalue weighted by molar-refractivity contribution is 0.0236. The Kier molecular flexibility index (Phi) is 4.43. The van der Waals surface area contributed by atoms with E-state index in [4.69, 9.17) is 4.52 Å². The second-order valence-electron chi connectivity index (χ2n) is 6.77. The van der Waals surface area contributed by atoms with Crippen LogP contribution in [0.25, 0.3) is 11.3 Å². The molecule has 1 unspecified atom stereocenters. The van der Waals surface area contributed by atoms with Gasteiger partial charge in [0.1, 0.15) is 17.0 Å². The maximum atomic E-state index is 13.0. The zero-order chi connectivity index (χ0) is 17.3. The van der Waals surface area contributed by atoms with Gasteiger partial charge in [0, 0.05) is 18.7 Å². The van der Waals surface area contributed by atoms with Crippen molar-refractivity contribution in [2.45, 2.75) is 18.9 Å². The fraction of sp³-hybridized carbons (Fsp3) is 0.444. The first-order valence-electron chi connectivity index (χ1n) is 8.08. The zero-order valence-corrected chi connectivity index (χ0v) is 14.3. The first-order chi connectivity index (χ1) is 11.4. The van der Waals surface area contributed by atoms with E-state index in [-0.39, 0.29) is 5.91 Å². The summed E-state index contributed by atoms with van der Waals surface area (Å²) in [5.41, 5.74) is 1.02. The average Bonchev–Trinajstić information content (AvgIpc) is 3.10. The molecule has 1 aromatic carbocycles. The van der Waals surface area contributed by atoms with Gasteiger partial charge >= 0.3 is 0 Å². The Hall–Kier alpha value is -2.18. The van der Waals surface area contributed by atoms with Gasteiger partial charge in [-0.15, -0.1) is 0 Å². The monoisotopic (exact) mass is 329 g/mol. The minimum Gasteiger partial charge on any atom is -0.387 e. The number of likely N-dealkylation sites (tertiary alicyclic amines) is 1. The van der Waals surface area contributed by atoms with Gasteiger partial charge in [-0.05, 0) is 27.4 Å². The fourth-order valence-electron chi connectivity index (χ4n) is 3.32. The summed E-state index contributed by atoms with van der Waals surface area (Å²) in [6.07, 6.45) is 0.571. The normalized spacial score (nSPS) is 20.8. The van der Waals surface area contributed by atoms with Crippen LogP contribution in [-0.4, -0.2) is 65.3 Å². The van der Waals surface area contributed by atoms with E-state index in [2.05, 4.69) is 5.16 Å². The summed E-state index contributed by atoms with van der Waals surface area (Å²) >= 11 is 0. The first kappa shape index (κ1) is 16.7. The molecule has 1 aliphatic heterocycles. The number of β-amino-alcohol motifs (C(OH)–C–C–N with tert-alkyl or cyclic N) is 1.